The number of para-hydroxylation sites is 2. The van der Waals surface area contributed by atoms with E-state index in [2.05, 4.69) is 117 Å². The number of nitrogens with zero attached hydrogens (tertiary/aromatic N) is 4. The largest absolute Gasteiger partial charge is 0.277 e. The number of hydrazone groups is 1. The molecule has 0 bridgehead atoms. The number of benzene rings is 4. The number of hydrazine groups is 1. The Labute approximate surface area is 200 Å². The smallest absolute Gasteiger partial charge is 0.199 e. The minimum Gasteiger partial charge on any atom is -0.277 e. The fourth-order valence-corrected chi connectivity index (χ4v) is 4.77. The van der Waals surface area contributed by atoms with E-state index in [0.29, 0.717) is 0 Å². The first-order valence-corrected chi connectivity index (χ1v) is 11.8. The molecule has 34 heavy (non-hydrogen) atoms. The Morgan fingerprint density at radius 3 is 1.94 bits per heavy atom. The molecule has 0 saturated heterocycles. The minimum atomic E-state index is -0.134. The lowest BCUT2D eigenvalue weighted by Crippen LogP contribution is -2.67. The van der Waals surface area contributed by atoms with Gasteiger partial charge in [0.25, 0.3) is 0 Å². The summed E-state index contributed by atoms with van der Waals surface area (Å²) in [6.07, 6.45) is 0.887. The summed E-state index contributed by atoms with van der Waals surface area (Å²) in [4.78, 5) is 2.50. The highest BCUT2D eigenvalue weighted by atomic mass is 15.8. The molecule has 5 nitrogen and oxygen atoms in total. The van der Waals surface area contributed by atoms with Gasteiger partial charge < -0.3 is 0 Å². The number of hydrogen-bond acceptors (Lipinski definition) is 5. The highest BCUT2D eigenvalue weighted by molar-refractivity contribution is 6.01. The van der Waals surface area contributed by atoms with Crippen molar-refractivity contribution in [3.05, 3.63) is 132 Å². The van der Waals surface area contributed by atoms with E-state index in [1.54, 1.807) is 0 Å². The highest BCUT2D eigenvalue weighted by Gasteiger charge is 2.38. The third-order valence-electron chi connectivity index (χ3n) is 6.47. The maximum absolute atomic E-state index is 5.17. The van der Waals surface area contributed by atoms with Gasteiger partial charge in [-0.25, -0.2) is 10.0 Å². The SMILES string of the molecule is c1ccc(C2=NN(c3ccccc3)C(N3CCc4ccccc4C3)N(c3ccccc3)N2)cc1. The van der Waals surface area contributed by atoms with Crippen LogP contribution in [0.5, 0.6) is 0 Å². The molecule has 4 aromatic carbocycles. The van der Waals surface area contributed by atoms with Gasteiger partial charge in [0.2, 0.25) is 0 Å². The Bertz CT molecular complexity index is 1270. The monoisotopic (exact) mass is 445 g/mol. The zero-order chi connectivity index (χ0) is 22.7. The van der Waals surface area contributed by atoms with E-state index in [4.69, 9.17) is 5.10 Å². The molecule has 2 aliphatic heterocycles. The van der Waals surface area contributed by atoms with Gasteiger partial charge in [-0.15, -0.1) is 5.10 Å². The van der Waals surface area contributed by atoms with Crippen molar-refractivity contribution in [2.45, 2.75) is 19.3 Å². The molecule has 2 aliphatic rings. The van der Waals surface area contributed by atoms with Gasteiger partial charge in [-0.05, 0) is 41.8 Å². The van der Waals surface area contributed by atoms with Crippen molar-refractivity contribution < 1.29 is 0 Å². The van der Waals surface area contributed by atoms with Gasteiger partial charge in [0.1, 0.15) is 0 Å². The van der Waals surface area contributed by atoms with Crippen molar-refractivity contribution in [3.8, 4) is 0 Å². The number of rotatable bonds is 4. The second-order valence-electron chi connectivity index (χ2n) is 8.65. The molecule has 4 aromatic rings. The summed E-state index contributed by atoms with van der Waals surface area (Å²) in [5, 5.41) is 9.57. The number of fused-ring (bicyclic) bond motifs is 1. The molecule has 1 unspecified atom stereocenters. The lowest BCUT2D eigenvalue weighted by atomic mass is 10.00. The van der Waals surface area contributed by atoms with Crippen LogP contribution in [0.15, 0.2) is 120 Å². The highest BCUT2D eigenvalue weighted by Crippen LogP contribution is 2.31. The van der Waals surface area contributed by atoms with Gasteiger partial charge in [0.15, 0.2) is 12.1 Å². The fraction of sp³-hybridized carbons (Fsp3) is 0.138. The van der Waals surface area contributed by atoms with Crippen LogP contribution in [0.1, 0.15) is 16.7 Å². The van der Waals surface area contributed by atoms with E-state index in [9.17, 15) is 0 Å². The summed E-state index contributed by atoms with van der Waals surface area (Å²) in [5.41, 5.74) is 9.68. The summed E-state index contributed by atoms with van der Waals surface area (Å²) in [6, 6.07) is 40.1. The molecule has 6 rings (SSSR count). The van der Waals surface area contributed by atoms with Crippen LogP contribution in [-0.2, 0) is 13.0 Å². The van der Waals surface area contributed by atoms with Crippen LogP contribution >= 0.6 is 0 Å². The molecule has 0 spiro atoms. The maximum Gasteiger partial charge on any atom is 0.199 e. The van der Waals surface area contributed by atoms with Crippen molar-refractivity contribution in [1.82, 2.24) is 10.3 Å². The summed E-state index contributed by atoms with van der Waals surface area (Å²) in [7, 11) is 0. The van der Waals surface area contributed by atoms with Gasteiger partial charge in [0.05, 0.1) is 11.4 Å². The second-order valence-corrected chi connectivity index (χ2v) is 8.65. The first-order chi connectivity index (χ1) is 16.9. The molecule has 0 amide bonds. The van der Waals surface area contributed by atoms with Crippen molar-refractivity contribution >= 4 is 17.2 Å². The molecule has 1 N–H and O–H groups in total. The number of amidine groups is 1. The van der Waals surface area contributed by atoms with Gasteiger partial charge in [-0.3, -0.25) is 10.3 Å². The maximum atomic E-state index is 5.17. The van der Waals surface area contributed by atoms with Crippen LogP contribution in [0.4, 0.5) is 11.4 Å². The summed E-state index contributed by atoms with van der Waals surface area (Å²) in [6.45, 7) is 1.82. The van der Waals surface area contributed by atoms with Gasteiger partial charge in [0, 0.05) is 18.7 Å². The predicted molar refractivity (Wildman–Crippen MR) is 138 cm³/mol. The normalized spacial score (nSPS) is 18.1. The van der Waals surface area contributed by atoms with E-state index >= 15 is 0 Å². The fourth-order valence-electron chi connectivity index (χ4n) is 4.77. The number of nitrogens with one attached hydrogen (secondary N) is 1. The zero-order valence-corrected chi connectivity index (χ0v) is 19.0. The minimum absolute atomic E-state index is 0.134. The van der Waals surface area contributed by atoms with Crippen LogP contribution in [-0.4, -0.2) is 23.6 Å². The average molecular weight is 446 g/mol. The topological polar surface area (TPSA) is 34.1 Å². The first-order valence-electron chi connectivity index (χ1n) is 11.8. The Hall–Kier alpha value is -4.09. The van der Waals surface area contributed by atoms with Crippen LogP contribution in [0, 0.1) is 0 Å². The lowest BCUT2D eigenvalue weighted by Gasteiger charge is -2.49. The lowest BCUT2D eigenvalue weighted by molar-refractivity contribution is 0.158. The summed E-state index contributed by atoms with van der Waals surface area (Å²) in [5.74, 6) is 0.821. The Kier molecular flexibility index (Phi) is 5.45. The quantitative estimate of drug-likeness (QED) is 0.467. The third-order valence-corrected chi connectivity index (χ3v) is 6.47. The molecule has 0 radical (unpaired) electrons. The molecule has 168 valence electrons. The zero-order valence-electron chi connectivity index (χ0n) is 19.0. The van der Waals surface area contributed by atoms with Crippen LogP contribution in [0.2, 0.25) is 0 Å². The Balaban J connectivity index is 1.48. The van der Waals surface area contributed by atoms with E-state index in [1.165, 1.54) is 11.1 Å². The van der Waals surface area contributed by atoms with Crippen molar-refractivity contribution in [2.75, 3.05) is 16.6 Å². The van der Waals surface area contributed by atoms with Crippen molar-refractivity contribution in [3.63, 3.8) is 0 Å². The van der Waals surface area contributed by atoms with Gasteiger partial charge in [-0.1, -0.05) is 91.0 Å². The molecule has 0 aromatic heterocycles. The second kappa shape index (κ2) is 9.04. The predicted octanol–water partition coefficient (Wildman–Crippen LogP) is 5.22. The van der Waals surface area contributed by atoms with Crippen LogP contribution in [0.25, 0.3) is 0 Å². The molecule has 1 atom stereocenters. The van der Waals surface area contributed by atoms with Gasteiger partial charge in [-0.2, -0.15) is 0 Å². The van der Waals surface area contributed by atoms with Crippen molar-refractivity contribution in [1.29, 1.82) is 0 Å². The molecular formula is C29H27N5. The third kappa shape index (κ3) is 3.91. The summed E-state index contributed by atoms with van der Waals surface area (Å²) >= 11 is 0. The van der Waals surface area contributed by atoms with Crippen LogP contribution < -0.4 is 15.4 Å². The molecule has 5 heteroatoms. The molecule has 2 heterocycles. The van der Waals surface area contributed by atoms with Crippen LogP contribution in [0.3, 0.4) is 0 Å². The van der Waals surface area contributed by atoms with Crippen molar-refractivity contribution in [2.24, 2.45) is 5.10 Å². The van der Waals surface area contributed by atoms with E-state index in [1.807, 2.05) is 18.2 Å². The number of hydrogen-bond donors (Lipinski definition) is 1. The Morgan fingerprint density at radius 1 is 0.647 bits per heavy atom. The van der Waals surface area contributed by atoms with E-state index in [-0.39, 0.29) is 6.29 Å². The first kappa shape index (κ1) is 20.5. The molecular weight excluding hydrogens is 418 g/mol. The molecule has 0 fully saturated rings. The average Bonchev–Trinajstić information content (AvgIpc) is 2.93. The number of anilines is 2. The van der Waals surface area contributed by atoms with E-state index in [0.717, 1.165) is 42.3 Å². The molecule has 0 aliphatic carbocycles. The standard InChI is InChI=1S/C29H27N5/c1-4-13-24(14-5-1)28-30-33(26-16-6-2-7-17-26)29(34(31-28)27-18-8-3-9-19-27)32-21-20-23-12-10-11-15-25(23)22-32/h1-19,29H,20-22H2,(H,30,31). The van der Waals surface area contributed by atoms with E-state index < -0.39 is 0 Å². The summed E-state index contributed by atoms with van der Waals surface area (Å²) < 4.78 is 0. The Morgan fingerprint density at radius 2 is 1.24 bits per heavy atom. The molecule has 0 saturated carbocycles. The van der Waals surface area contributed by atoms with Gasteiger partial charge >= 0.3 is 0 Å².